The molecule has 1 unspecified atom stereocenters. The molecule has 4 rings (SSSR count). The van der Waals surface area contributed by atoms with E-state index >= 15 is 0 Å². The lowest BCUT2D eigenvalue weighted by Gasteiger charge is -2.28. The van der Waals surface area contributed by atoms with Crippen molar-refractivity contribution in [3.63, 3.8) is 0 Å². The van der Waals surface area contributed by atoms with Crippen molar-refractivity contribution < 1.29 is 19.2 Å². The first-order chi connectivity index (χ1) is 14.8. The molecule has 5 amide bonds. The number of urea groups is 1. The van der Waals surface area contributed by atoms with Crippen molar-refractivity contribution >= 4 is 41.0 Å². The number of piperidine rings is 1. The number of benzene rings is 1. The van der Waals surface area contributed by atoms with Crippen LogP contribution in [0.1, 0.15) is 18.4 Å². The third-order valence-corrected chi connectivity index (χ3v) is 5.70. The predicted molar refractivity (Wildman–Crippen MR) is 113 cm³/mol. The molecule has 2 saturated heterocycles. The number of hydrogen-bond acceptors (Lipinski definition) is 4. The van der Waals surface area contributed by atoms with Crippen LogP contribution < -0.4 is 16.0 Å². The molecular formula is C22H19ClN4O4. The summed E-state index contributed by atoms with van der Waals surface area (Å²) in [6.45, 7) is 2.30. The molecule has 9 heteroatoms. The van der Waals surface area contributed by atoms with Gasteiger partial charge in [-0.3, -0.25) is 19.7 Å². The largest absolute Gasteiger partial charge is 0.333 e. The maximum Gasteiger partial charge on any atom is 0.319 e. The third-order valence-electron chi connectivity index (χ3n) is 5.29. The molecule has 31 heavy (non-hydrogen) atoms. The standard InChI is InChI=1S/C22H19ClN4O4/c1-12-2-4-15(9-17(12)23)25-22(31)24-10-13-3-5-16-14(8-13)11-27(21(16)30)18-6-7-19(28)26-20(18)29/h2,4,8-9,18H,6-7,10-11H2,1H3,(H2,24,25,31)(H,26,28,29). The van der Waals surface area contributed by atoms with E-state index in [1.54, 1.807) is 18.2 Å². The lowest BCUT2D eigenvalue weighted by molar-refractivity contribution is -0.142. The average molecular weight is 439 g/mol. The van der Waals surface area contributed by atoms with Crippen molar-refractivity contribution in [3.8, 4) is 0 Å². The molecule has 0 bridgehead atoms. The zero-order valence-electron chi connectivity index (χ0n) is 16.7. The fraction of sp³-hybridized carbons (Fsp3) is 0.273. The highest BCUT2D eigenvalue weighted by molar-refractivity contribution is 6.31. The molecule has 2 aliphatic heterocycles. The van der Waals surface area contributed by atoms with Gasteiger partial charge >= 0.3 is 6.03 Å². The summed E-state index contributed by atoms with van der Waals surface area (Å²) in [4.78, 5) is 49.8. The minimum atomic E-state index is -0.681. The Morgan fingerprint density at radius 3 is 2.84 bits per heavy atom. The SMILES string of the molecule is Cc1ccc(NC(=O)NCC2=C=C=C3C(=O)N(C4CCC(=O)NC4=O)CC3=C2)cc1Cl. The minimum absolute atomic E-state index is 0.182. The van der Waals surface area contributed by atoms with Gasteiger partial charge in [0, 0.05) is 29.2 Å². The number of nitrogens with zero attached hydrogens (tertiary/aromatic N) is 1. The zero-order valence-corrected chi connectivity index (χ0v) is 17.4. The van der Waals surface area contributed by atoms with E-state index in [4.69, 9.17) is 11.6 Å². The summed E-state index contributed by atoms with van der Waals surface area (Å²) in [6.07, 6.45) is 2.26. The fourth-order valence-corrected chi connectivity index (χ4v) is 3.78. The molecule has 1 aliphatic carbocycles. The highest BCUT2D eigenvalue weighted by Gasteiger charge is 2.41. The van der Waals surface area contributed by atoms with Crippen LogP contribution in [0.2, 0.25) is 5.02 Å². The van der Waals surface area contributed by atoms with Crippen LogP contribution in [0.25, 0.3) is 0 Å². The van der Waals surface area contributed by atoms with Crippen LogP contribution in [0.3, 0.4) is 0 Å². The van der Waals surface area contributed by atoms with Gasteiger partial charge in [0.1, 0.15) is 6.04 Å². The smallest absolute Gasteiger partial charge is 0.319 e. The normalized spacial score (nSPS) is 19.9. The Hall–Kier alpha value is -3.57. The number of imide groups is 1. The Morgan fingerprint density at radius 2 is 2.10 bits per heavy atom. The second-order valence-corrected chi connectivity index (χ2v) is 7.90. The summed E-state index contributed by atoms with van der Waals surface area (Å²) in [7, 11) is 0. The van der Waals surface area contributed by atoms with Gasteiger partial charge in [-0.25, -0.2) is 4.79 Å². The second-order valence-electron chi connectivity index (χ2n) is 7.49. The number of hydrogen-bond donors (Lipinski definition) is 3. The molecule has 0 aromatic heterocycles. The quantitative estimate of drug-likeness (QED) is 0.493. The molecule has 158 valence electrons. The summed E-state index contributed by atoms with van der Waals surface area (Å²) >= 11 is 6.07. The maximum absolute atomic E-state index is 12.7. The first-order valence-corrected chi connectivity index (χ1v) is 10.1. The van der Waals surface area contributed by atoms with Crippen LogP contribution in [0.15, 0.2) is 52.5 Å². The van der Waals surface area contributed by atoms with E-state index in [9.17, 15) is 19.2 Å². The van der Waals surface area contributed by atoms with Crippen LogP contribution in [-0.4, -0.2) is 47.8 Å². The number of carbonyl (C=O) groups is 4. The van der Waals surface area contributed by atoms with Crippen LogP contribution in [-0.2, 0) is 14.4 Å². The Bertz CT molecular complexity index is 1160. The molecule has 2 fully saturated rings. The average Bonchev–Trinajstić information content (AvgIpc) is 3.05. The molecule has 1 aromatic carbocycles. The lowest BCUT2D eigenvalue weighted by atomic mass is 10.0. The van der Waals surface area contributed by atoms with Gasteiger partial charge in [0.2, 0.25) is 11.8 Å². The van der Waals surface area contributed by atoms with E-state index < -0.39 is 18.0 Å². The van der Waals surface area contributed by atoms with Crippen LogP contribution in [0.4, 0.5) is 10.5 Å². The van der Waals surface area contributed by atoms with Crippen molar-refractivity contribution in [2.24, 2.45) is 0 Å². The van der Waals surface area contributed by atoms with Gasteiger partial charge in [0.25, 0.3) is 5.91 Å². The van der Waals surface area contributed by atoms with Gasteiger partial charge in [-0.2, -0.15) is 0 Å². The number of amides is 5. The van der Waals surface area contributed by atoms with E-state index in [1.165, 1.54) is 4.90 Å². The Morgan fingerprint density at radius 1 is 1.29 bits per heavy atom. The van der Waals surface area contributed by atoms with E-state index in [-0.39, 0.29) is 31.3 Å². The summed E-state index contributed by atoms with van der Waals surface area (Å²) in [6, 6.07) is 4.15. The van der Waals surface area contributed by atoms with E-state index in [2.05, 4.69) is 27.4 Å². The summed E-state index contributed by atoms with van der Waals surface area (Å²) in [5, 5.41) is 8.26. The monoisotopic (exact) mass is 438 g/mol. The van der Waals surface area contributed by atoms with E-state index in [0.717, 1.165) is 5.56 Å². The molecule has 0 radical (unpaired) electrons. The Kier molecular flexibility index (Phi) is 5.53. The minimum Gasteiger partial charge on any atom is -0.333 e. The number of anilines is 1. The first kappa shape index (κ1) is 20.7. The van der Waals surface area contributed by atoms with Gasteiger partial charge in [0.05, 0.1) is 12.1 Å². The molecule has 0 spiro atoms. The van der Waals surface area contributed by atoms with Crippen molar-refractivity contribution in [2.45, 2.75) is 25.8 Å². The molecule has 1 aromatic rings. The topological polar surface area (TPSA) is 108 Å². The number of likely N-dealkylation sites (tertiary alicyclic amines) is 1. The maximum atomic E-state index is 12.7. The molecular weight excluding hydrogens is 420 g/mol. The predicted octanol–water partition coefficient (Wildman–Crippen LogP) is 1.96. The van der Waals surface area contributed by atoms with Gasteiger partial charge in [-0.1, -0.05) is 29.1 Å². The van der Waals surface area contributed by atoms with Crippen molar-refractivity contribution in [3.05, 3.63) is 63.0 Å². The van der Waals surface area contributed by atoms with Crippen LogP contribution in [0.5, 0.6) is 0 Å². The molecule has 3 aliphatic rings. The molecule has 0 saturated carbocycles. The molecule has 2 heterocycles. The van der Waals surface area contributed by atoms with Gasteiger partial charge in [0.15, 0.2) is 0 Å². The van der Waals surface area contributed by atoms with Crippen LogP contribution >= 0.6 is 11.6 Å². The molecule has 3 N–H and O–H groups in total. The molecule has 1 atom stereocenters. The number of aryl methyl sites for hydroxylation is 1. The highest BCUT2D eigenvalue weighted by atomic mass is 35.5. The number of carbonyl (C=O) groups excluding carboxylic acids is 4. The Labute approximate surface area is 183 Å². The van der Waals surface area contributed by atoms with Crippen molar-refractivity contribution in [1.82, 2.24) is 15.5 Å². The number of nitrogens with one attached hydrogen (secondary N) is 3. The number of halogens is 1. The second kappa shape index (κ2) is 8.28. The number of fused-ring (bicyclic) bond motifs is 1. The zero-order chi connectivity index (χ0) is 22.1. The summed E-state index contributed by atoms with van der Waals surface area (Å²) < 4.78 is 0. The number of rotatable bonds is 4. The van der Waals surface area contributed by atoms with E-state index in [0.29, 0.717) is 33.9 Å². The van der Waals surface area contributed by atoms with E-state index in [1.807, 2.05) is 13.0 Å². The van der Waals surface area contributed by atoms with Gasteiger partial charge < -0.3 is 15.5 Å². The fourth-order valence-electron chi connectivity index (χ4n) is 3.60. The third kappa shape index (κ3) is 4.32. The first-order valence-electron chi connectivity index (χ1n) is 9.73. The van der Waals surface area contributed by atoms with Crippen LogP contribution in [0, 0.1) is 6.92 Å². The Balaban J connectivity index is 1.38. The summed E-state index contributed by atoms with van der Waals surface area (Å²) in [5.41, 5.74) is 8.92. The summed E-state index contributed by atoms with van der Waals surface area (Å²) in [5.74, 6) is -1.10. The molecule has 8 nitrogen and oxygen atoms in total. The van der Waals surface area contributed by atoms with Crippen molar-refractivity contribution in [1.29, 1.82) is 0 Å². The van der Waals surface area contributed by atoms with Gasteiger partial charge in [-0.05, 0) is 42.7 Å². The lowest BCUT2D eigenvalue weighted by Crippen LogP contribution is -2.52. The van der Waals surface area contributed by atoms with Crippen molar-refractivity contribution in [2.75, 3.05) is 18.4 Å². The van der Waals surface area contributed by atoms with Gasteiger partial charge in [-0.15, -0.1) is 0 Å². The highest BCUT2D eigenvalue weighted by Crippen LogP contribution is 2.29.